The average molecular weight is 373 g/mol. The average Bonchev–Trinajstić information content (AvgIpc) is 3.27. The summed E-state index contributed by atoms with van der Waals surface area (Å²) in [5.41, 5.74) is 0.998. The van der Waals surface area contributed by atoms with E-state index in [2.05, 4.69) is 20.5 Å². The van der Waals surface area contributed by atoms with Gasteiger partial charge in [-0.1, -0.05) is 12.1 Å². The summed E-state index contributed by atoms with van der Waals surface area (Å²) >= 11 is 0. The van der Waals surface area contributed by atoms with E-state index >= 15 is 0 Å². The van der Waals surface area contributed by atoms with Crippen LogP contribution in [-0.4, -0.2) is 52.7 Å². The van der Waals surface area contributed by atoms with Crippen LogP contribution in [0.5, 0.6) is 5.75 Å². The van der Waals surface area contributed by atoms with Crippen LogP contribution in [0.2, 0.25) is 0 Å². The van der Waals surface area contributed by atoms with Crippen molar-refractivity contribution in [3.63, 3.8) is 0 Å². The third-order valence-electron chi connectivity index (χ3n) is 4.40. The Morgan fingerprint density at radius 1 is 1.33 bits per heavy atom. The summed E-state index contributed by atoms with van der Waals surface area (Å²) in [5, 5.41) is 9.54. The van der Waals surface area contributed by atoms with Gasteiger partial charge >= 0.3 is 0 Å². The molecule has 2 N–H and O–H groups in total. The van der Waals surface area contributed by atoms with Crippen molar-refractivity contribution in [3.05, 3.63) is 41.5 Å². The zero-order valence-electron chi connectivity index (χ0n) is 15.4. The molecule has 1 atom stereocenters. The van der Waals surface area contributed by atoms with Crippen molar-refractivity contribution in [3.8, 4) is 5.75 Å². The van der Waals surface area contributed by atoms with Crippen LogP contribution in [-0.2, 0) is 34.0 Å². The lowest BCUT2D eigenvalue weighted by atomic mass is 10.1. The predicted molar refractivity (Wildman–Crippen MR) is 95.5 cm³/mol. The lowest BCUT2D eigenvalue weighted by molar-refractivity contribution is -0.129. The summed E-state index contributed by atoms with van der Waals surface area (Å²) in [6.45, 7) is 1.43. The Labute approximate surface area is 157 Å². The molecule has 1 fully saturated rings. The van der Waals surface area contributed by atoms with Crippen molar-refractivity contribution in [2.45, 2.75) is 26.1 Å². The second-order valence-corrected chi connectivity index (χ2v) is 6.37. The Kier molecular flexibility index (Phi) is 6.02. The van der Waals surface area contributed by atoms with E-state index in [1.54, 1.807) is 19.1 Å². The number of nitrogens with zero attached hydrogens (tertiary/aromatic N) is 3. The summed E-state index contributed by atoms with van der Waals surface area (Å²) in [6, 6.07) is 7.55. The van der Waals surface area contributed by atoms with E-state index in [4.69, 9.17) is 9.47 Å². The fourth-order valence-electron chi connectivity index (χ4n) is 2.97. The maximum Gasteiger partial charge on any atom is 0.225 e. The number of nitrogens with one attached hydrogen (secondary N) is 2. The zero-order chi connectivity index (χ0) is 19.2. The number of hydrogen-bond donors (Lipinski definition) is 2. The molecule has 0 saturated carbocycles. The number of carbonyl (C=O) groups is 2. The molecule has 2 aromatic rings. The van der Waals surface area contributed by atoms with Crippen LogP contribution in [0.4, 0.5) is 0 Å². The van der Waals surface area contributed by atoms with Gasteiger partial charge in [-0.3, -0.25) is 14.7 Å². The third kappa shape index (κ3) is 4.82. The number of methoxy groups -OCH3 is 2. The molecule has 1 aromatic heterocycles. The molecule has 0 aliphatic carbocycles. The van der Waals surface area contributed by atoms with Crippen LogP contribution in [0.15, 0.2) is 24.3 Å². The van der Waals surface area contributed by atoms with Crippen LogP contribution in [0.3, 0.4) is 0 Å². The number of hydrogen-bond acceptors (Lipinski definition) is 6. The summed E-state index contributed by atoms with van der Waals surface area (Å²) in [5.74, 6) is 1.30. The summed E-state index contributed by atoms with van der Waals surface area (Å²) < 4.78 is 10.1. The van der Waals surface area contributed by atoms with Crippen LogP contribution in [0.1, 0.15) is 23.6 Å². The largest absolute Gasteiger partial charge is 0.497 e. The van der Waals surface area contributed by atoms with Gasteiger partial charge in [0, 0.05) is 26.6 Å². The van der Waals surface area contributed by atoms with Crippen molar-refractivity contribution in [2.24, 2.45) is 5.92 Å². The van der Waals surface area contributed by atoms with E-state index in [1.807, 2.05) is 24.3 Å². The SMILES string of the molecule is COCc1n[nH]c(CNC(=O)C2CC(=O)N(Cc3ccc(OC)cc3)C2)n1. The van der Waals surface area contributed by atoms with Gasteiger partial charge in [0.05, 0.1) is 19.6 Å². The topological polar surface area (TPSA) is 109 Å². The van der Waals surface area contributed by atoms with Gasteiger partial charge in [-0.2, -0.15) is 5.10 Å². The number of aromatic amines is 1. The number of amides is 2. The molecule has 1 unspecified atom stereocenters. The van der Waals surface area contributed by atoms with Gasteiger partial charge in [-0.15, -0.1) is 0 Å². The van der Waals surface area contributed by atoms with Gasteiger partial charge in [0.1, 0.15) is 18.2 Å². The Hall–Kier alpha value is -2.94. The first kappa shape index (κ1) is 18.8. The second kappa shape index (κ2) is 8.63. The first-order chi connectivity index (χ1) is 13.1. The Bertz CT molecular complexity index is 789. The first-order valence-corrected chi connectivity index (χ1v) is 8.66. The highest BCUT2D eigenvalue weighted by Gasteiger charge is 2.34. The van der Waals surface area contributed by atoms with Crippen molar-refractivity contribution in [2.75, 3.05) is 20.8 Å². The van der Waals surface area contributed by atoms with E-state index in [-0.39, 0.29) is 30.7 Å². The molecule has 1 aliphatic rings. The lowest BCUT2D eigenvalue weighted by Gasteiger charge is -2.17. The van der Waals surface area contributed by atoms with Crippen molar-refractivity contribution in [1.82, 2.24) is 25.4 Å². The fraction of sp³-hybridized carbons (Fsp3) is 0.444. The quantitative estimate of drug-likeness (QED) is 0.702. The molecule has 1 aliphatic heterocycles. The molecule has 0 radical (unpaired) electrons. The van der Waals surface area contributed by atoms with Crippen molar-refractivity contribution < 1.29 is 19.1 Å². The normalized spacial score (nSPS) is 16.6. The smallest absolute Gasteiger partial charge is 0.225 e. The van der Waals surface area contributed by atoms with Gasteiger partial charge < -0.3 is 19.7 Å². The summed E-state index contributed by atoms with van der Waals surface area (Å²) in [6.07, 6.45) is 0.216. The minimum Gasteiger partial charge on any atom is -0.497 e. The standard InChI is InChI=1S/C18H23N5O4/c1-26-11-16-20-15(21-22-16)8-19-18(25)13-7-17(24)23(10-13)9-12-3-5-14(27-2)6-4-12/h3-6,13H,7-11H2,1-2H3,(H,19,25)(H,20,21,22). The highest BCUT2D eigenvalue weighted by molar-refractivity contribution is 5.89. The Morgan fingerprint density at radius 3 is 2.81 bits per heavy atom. The van der Waals surface area contributed by atoms with Crippen LogP contribution < -0.4 is 10.1 Å². The highest BCUT2D eigenvalue weighted by Crippen LogP contribution is 2.21. The molecule has 1 saturated heterocycles. The molecule has 3 rings (SSSR count). The molecular weight excluding hydrogens is 350 g/mol. The minimum absolute atomic E-state index is 0.0204. The Morgan fingerprint density at radius 2 is 2.11 bits per heavy atom. The molecule has 9 nitrogen and oxygen atoms in total. The molecular formula is C18H23N5O4. The number of carbonyl (C=O) groups excluding carboxylic acids is 2. The molecule has 2 amide bonds. The number of ether oxygens (including phenoxy) is 2. The van der Waals surface area contributed by atoms with E-state index in [9.17, 15) is 9.59 Å². The van der Waals surface area contributed by atoms with E-state index in [0.717, 1.165) is 11.3 Å². The molecule has 144 valence electrons. The maximum absolute atomic E-state index is 12.4. The van der Waals surface area contributed by atoms with Gasteiger partial charge in [0.2, 0.25) is 11.8 Å². The zero-order valence-corrected chi connectivity index (χ0v) is 15.4. The molecule has 2 heterocycles. The van der Waals surface area contributed by atoms with Gasteiger partial charge in [0.25, 0.3) is 0 Å². The summed E-state index contributed by atoms with van der Waals surface area (Å²) in [4.78, 5) is 30.5. The number of likely N-dealkylation sites (tertiary alicyclic amines) is 1. The monoisotopic (exact) mass is 373 g/mol. The maximum atomic E-state index is 12.4. The van der Waals surface area contributed by atoms with E-state index < -0.39 is 0 Å². The van der Waals surface area contributed by atoms with Crippen LogP contribution >= 0.6 is 0 Å². The first-order valence-electron chi connectivity index (χ1n) is 8.66. The highest BCUT2D eigenvalue weighted by atomic mass is 16.5. The number of benzene rings is 1. The number of aromatic nitrogens is 3. The molecule has 0 spiro atoms. The van der Waals surface area contributed by atoms with Crippen molar-refractivity contribution >= 4 is 11.8 Å². The predicted octanol–water partition coefficient (Wildman–Crippen LogP) is 0.625. The van der Waals surface area contributed by atoms with Gasteiger partial charge in [0.15, 0.2) is 5.82 Å². The van der Waals surface area contributed by atoms with Crippen LogP contribution in [0.25, 0.3) is 0 Å². The Balaban J connectivity index is 1.50. The number of rotatable bonds is 8. The fourth-order valence-corrected chi connectivity index (χ4v) is 2.97. The van der Waals surface area contributed by atoms with Gasteiger partial charge in [-0.05, 0) is 17.7 Å². The van der Waals surface area contributed by atoms with Crippen molar-refractivity contribution in [1.29, 1.82) is 0 Å². The number of H-pyrrole nitrogens is 1. The van der Waals surface area contributed by atoms with E-state index in [0.29, 0.717) is 31.3 Å². The summed E-state index contributed by atoms with van der Waals surface area (Å²) in [7, 11) is 3.17. The molecule has 1 aromatic carbocycles. The molecule has 9 heteroatoms. The lowest BCUT2D eigenvalue weighted by Crippen LogP contribution is -2.32. The van der Waals surface area contributed by atoms with E-state index in [1.165, 1.54) is 0 Å². The molecule has 27 heavy (non-hydrogen) atoms. The minimum atomic E-state index is -0.364. The van der Waals surface area contributed by atoms with Crippen LogP contribution in [0, 0.1) is 5.92 Å². The molecule has 0 bridgehead atoms. The van der Waals surface area contributed by atoms with Gasteiger partial charge in [-0.25, -0.2) is 4.98 Å². The third-order valence-corrected chi connectivity index (χ3v) is 4.40. The second-order valence-electron chi connectivity index (χ2n) is 6.37.